The van der Waals surface area contributed by atoms with Crippen molar-refractivity contribution >= 4 is 5.96 Å². The van der Waals surface area contributed by atoms with Gasteiger partial charge in [0, 0.05) is 26.7 Å². The summed E-state index contributed by atoms with van der Waals surface area (Å²) in [7, 11) is 3.51. The Balaban J connectivity index is 1.71. The van der Waals surface area contributed by atoms with Crippen molar-refractivity contribution in [1.29, 1.82) is 0 Å². The largest absolute Gasteiger partial charge is 0.497 e. The number of hydrogen-bond donors (Lipinski definition) is 2. The number of likely N-dealkylation sites (tertiary alicyclic amines) is 1. The third kappa shape index (κ3) is 5.75. The molecule has 1 atom stereocenters. The van der Waals surface area contributed by atoms with Crippen molar-refractivity contribution in [1.82, 2.24) is 15.5 Å². The van der Waals surface area contributed by atoms with E-state index in [1.165, 1.54) is 38.0 Å². The first-order chi connectivity index (χ1) is 11.2. The molecule has 2 rings (SSSR count). The van der Waals surface area contributed by atoms with Gasteiger partial charge in [-0.15, -0.1) is 0 Å². The van der Waals surface area contributed by atoms with Crippen LogP contribution in [0.25, 0.3) is 0 Å². The molecule has 0 saturated carbocycles. The monoisotopic (exact) mass is 318 g/mol. The van der Waals surface area contributed by atoms with Gasteiger partial charge in [-0.05, 0) is 49.5 Å². The van der Waals surface area contributed by atoms with Gasteiger partial charge in [0.2, 0.25) is 0 Å². The van der Waals surface area contributed by atoms with Gasteiger partial charge in [-0.3, -0.25) is 4.99 Å². The van der Waals surface area contributed by atoms with E-state index in [1.54, 1.807) is 7.11 Å². The second-order valence-electron chi connectivity index (χ2n) is 6.11. The summed E-state index contributed by atoms with van der Waals surface area (Å²) in [6.07, 6.45) is 2.52. The topological polar surface area (TPSA) is 48.9 Å². The minimum atomic E-state index is 0.723. The van der Waals surface area contributed by atoms with Crippen LogP contribution in [0.3, 0.4) is 0 Å². The molecule has 5 nitrogen and oxygen atoms in total. The Labute approximate surface area is 140 Å². The van der Waals surface area contributed by atoms with Gasteiger partial charge in [0.15, 0.2) is 5.96 Å². The summed E-state index contributed by atoms with van der Waals surface area (Å²) >= 11 is 0. The van der Waals surface area contributed by atoms with Gasteiger partial charge in [-0.25, -0.2) is 0 Å². The molecule has 1 saturated heterocycles. The molecule has 1 aromatic carbocycles. The zero-order valence-corrected chi connectivity index (χ0v) is 14.6. The van der Waals surface area contributed by atoms with Gasteiger partial charge in [0.05, 0.1) is 7.11 Å². The molecule has 1 fully saturated rings. The van der Waals surface area contributed by atoms with E-state index in [1.807, 2.05) is 19.2 Å². The van der Waals surface area contributed by atoms with Crippen LogP contribution in [0.1, 0.15) is 25.3 Å². The highest BCUT2D eigenvalue weighted by Crippen LogP contribution is 2.15. The Hall–Kier alpha value is -1.75. The predicted molar refractivity (Wildman–Crippen MR) is 96.0 cm³/mol. The number of guanidine groups is 1. The lowest BCUT2D eigenvalue weighted by Crippen LogP contribution is -2.39. The average molecular weight is 318 g/mol. The van der Waals surface area contributed by atoms with Crippen molar-refractivity contribution < 1.29 is 4.74 Å². The average Bonchev–Trinajstić information content (AvgIpc) is 3.03. The van der Waals surface area contributed by atoms with E-state index in [-0.39, 0.29) is 0 Å². The van der Waals surface area contributed by atoms with Crippen LogP contribution in [0.2, 0.25) is 0 Å². The van der Waals surface area contributed by atoms with Gasteiger partial charge < -0.3 is 20.3 Å². The molecule has 0 aromatic heterocycles. The van der Waals surface area contributed by atoms with E-state index in [0.29, 0.717) is 0 Å². The van der Waals surface area contributed by atoms with Crippen LogP contribution >= 0.6 is 0 Å². The van der Waals surface area contributed by atoms with Crippen molar-refractivity contribution in [3.63, 3.8) is 0 Å². The Bertz CT molecular complexity index is 486. The summed E-state index contributed by atoms with van der Waals surface area (Å²) in [6, 6.07) is 8.10. The minimum absolute atomic E-state index is 0.723. The molecule has 1 aliphatic rings. The molecule has 1 aliphatic heterocycles. The van der Waals surface area contributed by atoms with Crippen molar-refractivity contribution in [2.75, 3.05) is 40.3 Å². The lowest BCUT2D eigenvalue weighted by molar-refractivity contribution is 0.324. The molecule has 23 heavy (non-hydrogen) atoms. The van der Waals surface area contributed by atoms with Gasteiger partial charge in [-0.2, -0.15) is 0 Å². The van der Waals surface area contributed by atoms with Crippen LogP contribution in [0.5, 0.6) is 5.75 Å². The Morgan fingerprint density at radius 3 is 2.74 bits per heavy atom. The van der Waals surface area contributed by atoms with E-state index in [2.05, 4.69) is 39.6 Å². The van der Waals surface area contributed by atoms with Crippen molar-refractivity contribution in [3.05, 3.63) is 29.8 Å². The summed E-state index contributed by atoms with van der Waals surface area (Å²) in [6.45, 7) is 7.66. The maximum absolute atomic E-state index is 5.18. The summed E-state index contributed by atoms with van der Waals surface area (Å²) in [4.78, 5) is 6.86. The molecule has 1 unspecified atom stereocenters. The number of aliphatic imine (C=N–C) groups is 1. The molecule has 0 amide bonds. The molecule has 0 spiro atoms. The first kappa shape index (κ1) is 17.6. The standard InChI is InChI=1S/C18H30N4O/c1-4-10-22-11-9-16(14-22)13-21-18(19-2)20-12-15-5-7-17(23-3)8-6-15/h5-8,16H,4,9-14H2,1-3H3,(H2,19,20,21). The zero-order chi connectivity index (χ0) is 16.5. The van der Waals surface area contributed by atoms with E-state index in [4.69, 9.17) is 4.74 Å². The molecule has 5 heteroatoms. The Morgan fingerprint density at radius 1 is 1.30 bits per heavy atom. The molecular formula is C18H30N4O. The molecule has 1 heterocycles. The first-order valence-corrected chi connectivity index (χ1v) is 8.55. The molecular weight excluding hydrogens is 288 g/mol. The lowest BCUT2D eigenvalue weighted by atomic mass is 10.1. The van der Waals surface area contributed by atoms with Crippen LogP contribution in [0.15, 0.2) is 29.3 Å². The molecule has 0 radical (unpaired) electrons. The Morgan fingerprint density at radius 2 is 2.09 bits per heavy atom. The maximum Gasteiger partial charge on any atom is 0.191 e. The van der Waals surface area contributed by atoms with Crippen molar-refractivity contribution in [3.8, 4) is 5.75 Å². The highest BCUT2D eigenvalue weighted by Gasteiger charge is 2.21. The van der Waals surface area contributed by atoms with E-state index in [0.717, 1.165) is 30.7 Å². The first-order valence-electron chi connectivity index (χ1n) is 8.55. The summed E-state index contributed by atoms with van der Waals surface area (Å²) < 4.78 is 5.18. The van der Waals surface area contributed by atoms with Gasteiger partial charge >= 0.3 is 0 Å². The minimum Gasteiger partial charge on any atom is -0.497 e. The molecule has 2 N–H and O–H groups in total. The van der Waals surface area contributed by atoms with Crippen LogP contribution in [-0.4, -0.2) is 51.2 Å². The lowest BCUT2D eigenvalue weighted by Gasteiger charge is -2.17. The van der Waals surface area contributed by atoms with E-state index < -0.39 is 0 Å². The van der Waals surface area contributed by atoms with Crippen LogP contribution in [0, 0.1) is 5.92 Å². The number of ether oxygens (including phenoxy) is 1. The second kappa shape index (κ2) is 9.40. The molecule has 1 aromatic rings. The SMILES string of the molecule is CCCN1CCC(CNC(=NC)NCc2ccc(OC)cc2)C1. The fraction of sp³-hybridized carbons (Fsp3) is 0.611. The fourth-order valence-corrected chi connectivity index (χ4v) is 2.99. The van der Waals surface area contributed by atoms with Crippen LogP contribution in [0.4, 0.5) is 0 Å². The number of nitrogens with zero attached hydrogens (tertiary/aromatic N) is 2. The summed E-state index contributed by atoms with van der Waals surface area (Å²) in [5.41, 5.74) is 1.21. The van der Waals surface area contributed by atoms with Gasteiger partial charge in [0.25, 0.3) is 0 Å². The highest BCUT2D eigenvalue weighted by atomic mass is 16.5. The molecule has 128 valence electrons. The van der Waals surface area contributed by atoms with E-state index in [9.17, 15) is 0 Å². The zero-order valence-electron chi connectivity index (χ0n) is 14.6. The van der Waals surface area contributed by atoms with Crippen molar-refractivity contribution in [2.24, 2.45) is 10.9 Å². The molecule has 0 bridgehead atoms. The number of rotatable bonds is 7. The normalized spacial score (nSPS) is 18.9. The van der Waals surface area contributed by atoms with Gasteiger partial charge in [0.1, 0.15) is 5.75 Å². The summed E-state index contributed by atoms with van der Waals surface area (Å²) in [5, 5.41) is 6.82. The summed E-state index contributed by atoms with van der Waals surface area (Å²) in [5.74, 6) is 2.48. The van der Waals surface area contributed by atoms with Crippen LogP contribution < -0.4 is 15.4 Å². The molecule has 0 aliphatic carbocycles. The fourth-order valence-electron chi connectivity index (χ4n) is 2.99. The number of hydrogen-bond acceptors (Lipinski definition) is 3. The van der Waals surface area contributed by atoms with Gasteiger partial charge in [-0.1, -0.05) is 19.1 Å². The second-order valence-corrected chi connectivity index (χ2v) is 6.11. The van der Waals surface area contributed by atoms with E-state index >= 15 is 0 Å². The number of benzene rings is 1. The highest BCUT2D eigenvalue weighted by molar-refractivity contribution is 5.79. The third-order valence-electron chi connectivity index (χ3n) is 4.31. The number of nitrogens with one attached hydrogen (secondary N) is 2. The van der Waals surface area contributed by atoms with Crippen molar-refractivity contribution in [2.45, 2.75) is 26.3 Å². The smallest absolute Gasteiger partial charge is 0.191 e. The quantitative estimate of drug-likeness (QED) is 0.597. The predicted octanol–water partition coefficient (Wildman–Crippen LogP) is 2.09. The number of methoxy groups -OCH3 is 1. The van der Waals surface area contributed by atoms with Crippen LogP contribution in [-0.2, 0) is 6.54 Å². The third-order valence-corrected chi connectivity index (χ3v) is 4.31. The Kier molecular flexibility index (Phi) is 7.20. The maximum atomic E-state index is 5.18.